The average molecular weight is 368 g/mol. The van der Waals surface area contributed by atoms with Gasteiger partial charge in [-0.05, 0) is 36.2 Å². The smallest absolute Gasteiger partial charge is 0.208 e. The van der Waals surface area contributed by atoms with Crippen LogP contribution < -0.4 is 9.80 Å². The molecule has 2 heterocycles. The van der Waals surface area contributed by atoms with E-state index in [2.05, 4.69) is 51.2 Å². The maximum atomic E-state index is 13.0. The molecular formula is C20H21FN4S. The number of piperazine rings is 1. The maximum absolute atomic E-state index is 13.0. The van der Waals surface area contributed by atoms with Crippen LogP contribution in [0, 0.1) is 12.7 Å². The third-order valence-corrected chi connectivity index (χ3v) is 5.72. The highest BCUT2D eigenvalue weighted by Gasteiger charge is 2.21. The van der Waals surface area contributed by atoms with E-state index in [4.69, 9.17) is 0 Å². The van der Waals surface area contributed by atoms with E-state index < -0.39 is 0 Å². The summed E-state index contributed by atoms with van der Waals surface area (Å²) in [4.78, 5) is 4.74. The van der Waals surface area contributed by atoms with E-state index >= 15 is 0 Å². The highest BCUT2D eigenvalue weighted by molar-refractivity contribution is 7.15. The van der Waals surface area contributed by atoms with E-state index in [9.17, 15) is 4.39 Å². The van der Waals surface area contributed by atoms with Crippen molar-refractivity contribution in [1.82, 2.24) is 10.2 Å². The minimum atomic E-state index is -0.210. The second-order valence-corrected chi connectivity index (χ2v) is 7.58. The molecule has 0 radical (unpaired) electrons. The number of benzene rings is 2. The standard InChI is InChI=1S/C20H21FN4S/c1-15-4-2-3-5-18(15)24-10-12-25(13-11-24)20-23-22-19(26-20)14-16-6-8-17(21)9-7-16/h2-9H,10-14H2,1H3. The lowest BCUT2D eigenvalue weighted by atomic mass is 10.1. The molecule has 6 heteroatoms. The topological polar surface area (TPSA) is 32.3 Å². The summed E-state index contributed by atoms with van der Waals surface area (Å²) in [6, 6.07) is 15.1. The Morgan fingerprint density at radius 3 is 2.35 bits per heavy atom. The molecule has 3 aromatic rings. The highest BCUT2D eigenvalue weighted by atomic mass is 32.1. The zero-order valence-electron chi connectivity index (χ0n) is 14.7. The minimum Gasteiger partial charge on any atom is -0.368 e. The Hall–Kier alpha value is -2.47. The number of aromatic nitrogens is 2. The molecule has 4 rings (SSSR count). The number of anilines is 2. The first-order chi connectivity index (χ1) is 12.7. The zero-order chi connectivity index (χ0) is 17.9. The van der Waals surface area contributed by atoms with Crippen molar-refractivity contribution in [2.24, 2.45) is 0 Å². The van der Waals surface area contributed by atoms with E-state index in [1.165, 1.54) is 23.4 Å². The average Bonchev–Trinajstić information content (AvgIpc) is 3.13. The van der Waals surface area contributed by atoms with Crippen molar-refractivity contribution in [3.8, 4) is 0 Å². The first-order valence-electron chi connectivity index (χ1n) is 8.81. The predicted molar refractivity (Wildman–Crippen MR) is 105 cm³/mol. The van der Waals surface area contributed by atoms with Crippen LogP contribution in [0.15, 0.2) is 48.5 Å². The summed E-state index contributed by atoms with van der Waals surface area (Å²) in [6.45, 7) is 6.02. The lowest BCUT2D eigenvalue weighted by Gasteiger charge is -2.36. The van der Waals surface area contributed by atoms with Crippen LogP contribution in [0.25, 0.3) is 0 Å². The summed E-state index contributed by atoms with van der Waals surface area (Å²) < 4.78 is 13.0. The van der Waals surface area contributed by atoms with Crippen LogP contribution in [-0.2, 0) is 6.42 Å². The van der Waals surface area contributed by atoms with Gasteiger partial charge in [-0.2, -0.15) is 0 Å². The van der Waals surface area contributed by atoms with Gasteiger partial charge in [-0.3, -0.25) is 0 Å². The molecule has 1 aliphatic heterocycles. The Morgan fingerprint density at radius 2 is 1.62 bits per heavy atom. The quantitative estimate of drug-likeness (QED) is 0.699. The van der Waals surface area contributed by atoms with Crippen molar-refractivity contribution >= 4 is 22.2 Å². The van der Waals surface area contributed by atoms with E-state index in [1.807, 2.05) is 0 Å². The molecular weight excluding hydrogens is 347 g/mol. The third kappa shape index (κ3) is 3.70. The van der Waals surface area contributed by atoms with Crippen molar-refractivity contribution < 1.29 is 4.39 Å². The monoisotopic (exact) mass is 368 g/mol. The second-order valence-electron chi connectivity index (χ2n) is 6.54. The van der Waals surface area contributed by atoms with Crippen molar-refractivity contribution in [2.45, 2.75) is 13.3 Å². The van der Waals surface area contributed by atoms with Crippen LogP contribution in [0.3, 0.4) is 0 Å². The summed E-state index contributed by atoms with van der Waals surface area (Å²) in [5.74, 6) is -0.210. The summed E-state index contributed by atoms with van der Waals surface area (Å²) in [5.41, 5.74) is 3.69. The Morgan fingerprint density at radius 1 is 0.923 bits per heavy atom. The van der Waals surface area contributed by atoms with Crippen LogP contribution in [0.4, 0.5) is 15.2 Å². The lowest BCUT2D eigenvalue weighted by Crippen LogP contribution is -2.46. The van der Waals surface area contributed by atoms with Crippen LogP contribution >= 0.6 is 11.3 Å². The molecule has 0 amide bonds. The second kappa shape index (κ2) is 7.41. The van der Waals surface area contributed by atoms with Crippen molar-refractivity contribution in [1.29, 1.82) is 0 Å². The van der Waals surface area contributed by atoms with Gasteiger partial charge in [0.05, 0.1) is 0 Å². The molecule has 2 aromatic carbocycles. The van der Waals surface area contributed by atoms with Gasteiger partial charge >= 0.3 is 0 Å². The van der Waals surface area contributed by atoms with E-state index in [1.54, 1.807) is 23.5 Å². The Kier molecular flexibility index (Phi) is 4.84. The van der Waals surface area contributed by atoms with Gasteiger partial charge in [-0.1, -0.05) is 41.7 Å². The Balaban J connectivity index is 1.38. The van der Waals surface area contributed by atoms with Crippen LogP contribution in [0.5, 0.6) is 0 Å². The fraction of sp³-hybridized carbons (Fsp3) is 0.300. The van der Waals surface area contributed by atoms with Gasteiger partial charge in [0, 0.05) is 38.3 Å². The normalized spacial score (nSPS) is 14.7. The third-order valence-electron chi connectivity index (χ3n) is 4.73. The molecule has 0 saturated carbocycles. The molecule has 4 nitrogen and oxygen atoms in total. The zero-order valence-corrected chi connectivity index (χ0v) is 15.5. The molecule has 0 bridgehead atoms. The van der Waals surface area contributed by atoms with Gasteiger partial charge < -0.3 is 9.80 Å². The molecule has 1 fully saturated rings. The van der Waals surface area contributed by atoms with Gasteiger partial charge in [0.1, 0.15) is 10.8 Å². The maximum Gasteiger partial charge on any atom is 0.208 e. The molecule has 0 N–H and O–H groups in total. The molecule has 1 aliphatic rings. The van der Waals surface area contributed by atoms with Gasteiger partial charge in [-0.15, -0.1) is 10.2 Å². The largest absolute Gasteiger partial charge is 0.368 e. The lowest BCUT2D eigenvalue weighted by molar-refractivity contribution is 0.627. The van der Waals surface area contributed by atoms with Crippen LogP contribution in [-0.4, -0.2) is 36.4 Å². The number of para-hydroxylation sites is 1. The minimum absolute atomic E-state index is 0.210. The van der Waals surface area contributed by atoms with Crippen molar-refractivity contribution in [2.75, 3.05) is 36.0 Å². The first-order valence-corrected chi connectivity index (χ1v) is 9.63. The van der Waals surface area contributed by atoms with Crippen molar-refractivity contribution in [3.63, 3.8) is 0 Å². The number of nitrogens with zero attached hydrogens (tertiary/aromatic N) is 4. The predicted octanol–water partition coefficient (Wildman–Crippen LogP) is 3.90. The Bertz CT molecular complexity index is 870. The number of rotatable bonds is 4. The number of aryl methyl sites for hydroxylation is 1. The highest BCUT2D eigenvalue weighted by Crippen LogP contribution is 2.26. The SMILES string of the molecule is Cc1ccccc1N1CCN(c2nnc(Cc3ccc(F)cc3)s2)CC1. The van der Waals surface area contributed by atoms with Crippen LogP contribution in [0.2, 0.25) is 0 Å². The molecule has 134 valence electrons. The van der Waals surface area contributed by atoms with Crippen LogP contribution in [0.1, 0.15) is 16.1 Å². The van der Waals surface area contributed by atoms with E-state index in [0.29, 0.717) is 6.42 Å². The number of hydrogen-bond donors (Lipinski definition) is 0. The summed E-state index contributed by atoms with van der Waals surface area (Å²) in [5, 5.41) is 10.6. The molecule has 0 unspecified atom stereocenters. The van der Waals surface area contributed by atoms with E-state index in [-0.39, 0.29) is 5.82 Å². The van der Waals surface area contributed by atoms with Gasteiger partial charge in [0.25, 0.3) is 0 Å². The summed E-state index contributed by atoms with van der Waals surface area (Å²) in [7, 11) is 0. The fourth-order valence-electron chi connectivity index (χ4n) is 3.28. The number of halogens is 1. The van der Waals surface area contributed by atoms with Gasteiger partial charge in [0.15, 0.2) is 0 Å². The fourth-order valence-corrected chi connectivity index (χ4v) is 4.20. The van der Waals surface area contributed by atoms with Gasteiger partial charge in [-0.25, -0.2) is 4.39 Å². The molecule has 26 heavy (non-hydrogen) atoms. The molecule has 0 atom stereocenters. The summed E-state index contributed by atoms with van der Waals surface area (Å²) >= 11 is 1.63. The molecule has 0 aliphatic carbocycles. The molecule has 1 aromatic heterocycles. The van der Waals surface area contributed by atoms with Crippen molar-refractivity contribution in [3.05, 3.63) is 70.5 Å². The van der Waals surface area contributed by atoms with Gasteiger partial charge in [0.2, 0.25) is 5.13 Å². The molecule has 1 saturated heterocycles. The first kappa shape index (κ1) is 17.0. The number of hydrogen-bond acceptors (Lipinski definition) is 5. The summed E-state index contributed by atoms with van der Waals surface area (Å²) in [6.07, 6.45) is 0.696. The van der Waals surface area contributed by atoms with E-state index in [0.717, 1.165) is 41.9 Å². The Labute approximate surface area is 156 Å². The molecule has 0 spiro atoms.